The summed E-state index contributed by atoms with van der Waals surface area (Å²) in [7, 11) is 0. The van der Waals surface area contributed by atoms with Crippen LogP contribution in [-0.2, 0) is 0 Å². The van der Waals surface area contributed by atoms with Crippen molar-refractivity contribution in [3.05, 3.63) is 30.3 Å². The van der Waals surface area contributed by atoms with Gasteiger partial charge < -0.3 is 16.3 Å². The highest BCUT2D eigenvalue weighted by Crippen LogP contribution is 2.06. The molecule has 0 aliphatic heterocycles. The summed E-state index contributed by atoms with van der Waals surface area (Å²) in [5.74, 6) is 0.812. The number of nitrogens with one attached hydrogen (secondary N) is 1. The van der Waals surface area contributed by atoms with E-state index in [1.165, 1.54) is 0 Å². The van der Waals surface area contributed by atoms with Crippen molar-refractivity contribution in [2.75, 3.05) is 0 Å². The minimum absolute atomic E-state index is 0.0555. The number of hydroxylamine groups is 1. The number of nitrogens with zero attached hydrogens (tertiary/aromatic N) is 2. The molecule has 0 saturated heterocycles. The van der Waals surface area contributed by atoms with E-state index in [2.05, 4.69) is 15.5 Å². The predicted octanol–water partition coefficient (Wildman–Crippen LogP) is 0.608. The number of hydrogen-bond donors (Lipinski definition) is 3. The number of aliphatic imine (C=N–C) groups is 2. The van der Waals surface area contributed by atoms with E-state index in [0.717, 1.165) is 0 Å². The smallest absolute Gasteiger partial charge is 0.255 e. The fourth-order valence-electron chi connectivity index (χ4n) is 1.04. The third kappa shape index (κ3) is 5.41. The maximum atomic E-state index is 5.29. The molecular weight excluding hydrogens is 218 g/mol. The molecule has 6 heteroatoms. The monoisotopic (exact) mass is 235 g/mol. The van der Waals surface area contributed by atoms with Crippen LogP contribution in [-0.4, -0.2) is 18.0 Å². The van der Waals surface area contributed by atoms with E-state index in [4.69, 9.17) is 16.3 Å². The van der Waals surface area contributed by atoms with Gasteiger partial charge in [-0.25, -0.2) is 4.99 Å². The second kappa shape index (κ2) is 6.37. The third-order valence-corrected chi connectivity index (χ3v) is 1.62. The van der Waals surface area contributed by atoms with Gasteiger partial charge in [0.05, 0.1) is 0 Å². The van der Waals surface area contributed by atoms with Crippen molar-refractivity contribution in [2.24, 2.45) is 21.5 Å². The van der Waals surface area contributed by atoms with Crippen molar-refractivity contribution in [3.63, 3.8) is 0 Å². The molecule has 0 aromatic heterocycles. The molecule has 0 bridgehead atoms. The number of benzene rings is 1. The Kier molecular flexibility index (Phi) is 4.80. The van der Waals surface area contributed by atoms with Crippen LogP contribution in [0, 0.1) is 0 Å². The van der Waals surface area contributed by atoms with Crippen LogP contribution >= 0.6 is 0 Å². The van der Waals surface area contributed by atoms with Crippen LogP contribution < -0.4 is 21.8 Å². The molecule has 0 unspecified atom stereocenters. The number of rotatable bonds is 3. The highest BCUT2D eigenvalue weighted by molar-refractivity contribution is 5.92. The fraction of sp³-hybridized carbons (Fsp3) is 0.273. The third-order valence-electron chi connectivity index (χ3n) is 1.62. The van der Waals surface area contributed by atoms with Gasteiger partial charge in [0.15, 0.2) is 11.7 Å². The Labute approximate surface area is 100 Å². The molecule has 6 nitrogen and oxygen atoms in total. The summed E-state index contributed by atoms with van der Waals surface area (Å²) in [5, 5.41) is 0. The summed E-state index contributed by atoms with van der Waals surface area (Å²) in [6, 6.07) is 9.27. The van der Waals surface area contributed by atoms with Crippen LogP contribution in [0.15, 0.2) is 40.3 Å². The topological polar surface area (TPSA) is 98.0 Å². The zero-order valence-corrected chi connectivity index (χ0v) is 9.92. The summed E-state index contributed by atoms with van der Waals surface area (Å²) in [6.45, 7) is 3.82. The first-order valence-electron chi connectivity index (χ1n) is 5.23. The largest absolute Gasteiger partial charge is 0.379 e. The summed E-state index contributed by atoms with van der Waals surface area (Å²) in [4.78, 5) is 13.3. The van der Waals surface area contributed by atoms with E-state index in [1.54, 1.807) is 12.1 Å². The van der Waals surface area contributed by atoms with Crippen LogP contribution in [0.25, 0.3) is 0 Å². The maximum Gasteiger partial charge on any atom is 0.255 e. The van der Waals surface area contributed by atoms with Gasteiger partial charge in [-0.15, -0.1) is 0 Å². The summed E-state index contributed by atoms with van der Waals surface area (Å²) < 4.78 is 0. The van der Waals surface area contributed by atoms with E-state index < -0.39 is 0 Å². The summed E-state index contributed by atoms with van der Waals surface area (Å²) in [6.07, 6.45) is 0. The van der Waals surface area contributed by atoms with Gasteiger partial charge in [0.25, 0.3) is 5.96 Å². The molecule has 0 spiro atoms. The van der Waals surface area contributed by atoms with E-state index >= 15 is 0 Å². The van der Waals surface area contributed by atoms with Gasteiger partial charge in [-0.2, -0.15) is 10.5 Å². The first-order valence-corrected chi connectivity index (χ1v) is 5.23. The zero-order valence-electron chi connectivity index (χ0n) is 9.92. The average Bonchev–Trinajstić information content (AvgIpc) is 2.26. The van der Waals surface area contributed by atoms with Crippen molar-refractivity contribution < 1.29 is 4.84 Å². The second-order valence-electron chi connectivity index (χ2n) is 3.60. The quantitative estimate of drug-likeness (QED) is 0.406. The van der Waals surface area contributed by atoms with Gasteiger partial charge >= 0.3 is 0 Å². The van der Waals surface area contributed by atoms with Gasteiger partial charge in [0, 0.05) is 6.04 Å². The first kappa shape index (κ1) is 12.8. The van der Waals surface area contributed by atoms with Crippen LogP contribution in [0.1, 0.15) is 13.8 Å². The minimum Gasteiger partial charge on any atom is -0.379 e. The van der Waals surface area contributed by atoms with Crippen molar-refractivity contribution in [1.29, 1.82) is 0 Å². The minimum atomic E-state index is -0.0754. The molecule has 0 aliphatic carbocycles. The van der Waals surface area contributed by atoms with Gasteiger partial charge in [0.1, 0.15) is 0 Å². The second-order valence-corrected chi connectivity index (χ2v) is 3.60. The van der Waals surface area contributed by atoms with Crippen molar-refractivity contribution in [1.82, 2.24) is 5.48 Å². The molecule has 0 amide bonds. The Hall–Kier alpha value is -2.24. The molecule has 1 aromatic rings. The standard InChI is InChI=1S/C11H17N5O/c1-8(2)14-11(15-10(12)13)16-17-9-6-4-3-5-7-9/h3-8H,1-2H3,(H5,12,13,14,15,16). The predicted molar refractivity (Wildman–Crippen MR) is 68.6 cm³/mol. The van der Waals surface area contributed by atoms with E-state index in [1.807, 2.05) is 32.0 Å². The number of hydrogen-bond acceptors (Lipinski definition) is 2. The molecule has 1 aromatic carbocycles. The number of nitrogens with two attached hydrogens (primary N) is 2. The van der Waals surface area contributed by atoms with E-state index in [-0.39, 0.29) is 18.0 Å². The van der Waals surface area contributed by atoms with Crippen LogP contribution in [0.3, 0.4) is 0 Å². The molecule has 92 valence electrons. The van der Waals surface area contributed by atoms with E-state index in [0.29, 0.717) is 5.75 Å². The molecule has 0 saturated carbocycles. The lowest BCUT2D eigenvalue weighted by Gasteiger charge is -2.08. The Morgan fingerprint density at radius 2 is 1.88 bits per heavy atom. The Morgan fingerprint density at radius 1 is 1.24 bits per heavy atom. The molecular formula is C11H17N5O. The van der Waals surface area contributed by atoms with Gasteiger partial charge in [-0.05, 0) is 26.0 Å². The van der Waals surface area contributed by atoms with Crippen molar-refractivity contribution >= 4 is 11.9 Å². The molecule has 5 N–H and O–H groups in total. The Balaban J connectivity index is 2.65. The summed E-state index contributed by atoms with van der Waals surface area (Å²) >= 11 is 0. The lowest BCUT2D eigenvalue weighted by atomic mass is 10.3. The lowest BCUT2D eigenvalue weighted by Crippen LogP contribution is -2.32. The summed E-state index contributed by atoms with van der Waals surface area (Å²) in [5.41, 5.74) is 13.2. The normalized spacial score (nSPS) is 11.1. The number of para-hydroxylation sites is 1. The van der Waals surface area contributed by atoms with Crippen LogP contribution in [0.4, 0.5) is 0 Å². The number of guanidine groups is 2. The maximum absolute atomic E-state index is 5.29. The molecule has 17 heavy (non-hydrogen) atoms. The van der Waals surface area contributed by atoms with Crippen LogP contribution in [0.5, 0.6) is 5.75 Å². The first-order chi connectivity index (χ1) is 8.08. The van der Waals surface area contributed by atoms with Gasteiger partial charge in [0.2, 0.25) is 0 Å². The molecule has 0 aliphatic rings. The molecule has 1 rings (SSSR count). The highest BCUT2D eigenvalue weighted by Gasteiger charge is 2.00. The highest BCUT2D eigenvalue weighted by atomic mass is 16.6. The Morgan fingerprint density at radius 3 is 2.41 bits per heavy atom. The van der Waals surface area contributed by atoms with Crippen LogP contribution in [0.2, 0.25) is 0 Å². The molecule has 0 radical (unpaired) electrons. The Bertz CT molecular complexity index is 396. The molecule has 0 atom stereocenters. The molecule has 0 heterocycles. The fourth-order valence-corrected chi connectivity index (χ4v) is 1.04. The molecule has 0 fully saturated rings. The van der Waals surface area contributed by atoms with Gasteiger partial charge in [-0.1, -0.05) is 18.2 Å². The van der Waals surface area contributed by atoms with Gasteiger partial charge in [-0.3, -0.25) is 0 Å². The SMILES string of the molecule is CC(C)N=C(N=C(N)N)NOc1ccccc1. The average molecular weight is 235 g/mol. The van der Waals surface area contributed by atoms with E-state index in [9.17, 15) is 0 Å². The van der Waals surface area contributed by atoms with Crippen molar-refractivity contribution in [3.8, 4) is 5.75 Å². The lowest BCUT2D eigenvalue weighted by molar-refractivity contribution is 0.260. The zero-order chi connectivity index (χ0) is 12.7. The van der Waals surface area contributed by atoms with Crippen molar-refractivity contribution in [2.45, 2.75) is 19.9 Å².